The molecule has 0 radical (unpaired) electrons. The molecule has 0 aliphatic carbocycles. The summed E-state index contributed by atoms with van der Waals surface area (Å²) < 4.78 is 5.32. The summed E-state index contributed by atoms with van der Waals surface area (Å²) >= 11 is 4.05. The fourth-order valence-electron chi connectivity index (χ4n) is 1.08. The number of hydrogen-bond acceptors (Lipinski definition) is 3. The van der Waals surface area contributed by atoms with Crippen molar-refractivity contribution in [1.82, 2.24) is 0 Å². The van der Waals surface area contributed by atoms with Crippen molar-refractivity contribution < 1.29 is 9.53 Å². The van der Waals surface area contributed by atoms with Crippen molar-refractivity contribution >= 4 is 24.2 Å². The van der Waals surface area contributed by atoms with Gasteiger partial charge in [-0.3, -0.25) is 4.79 Å². The Labute approximate surface area is 95.2 Å². The normalized spacial score (nSPS) is 11.9. The highest BCUT2D eigenvalue weighted by molar-refractivity contribution is 7.81. The Morgan fingerprint density at radius 2 is 2.33 bits per heavy atom. The molecule has 4 heteroatoms. The standard InChI is InChI=1S/C11H15NO2S/c1-3-14-10-6-4-5-9(7-10)12-11(13)8(2)15/h4-8,15H,3H2,1-2H3,(H,12,13). The zero-order chi connectivity index (χ0) is 11.3. The Bertz CT molecular complexity index is 339. The second kappa shape index (κ2) is 5.66. The topological polar surface area (TPSA) is 38.3 Å². The molecular weight excluding hydrogens is 210 g/mol. The largest absolute Gasteiger partial charge is 0.494 e. The van der Waals surface area contributed by atoms with E-state index in [1.165, 1.54) is 0 Å². The van der Waals surface area contributed by atoms with E-state index in [0.717, 1.165) is 11.4 Å². The fraction of sp³-hybridized carbons (Fsp3) is 0.364. The number of thiol groups is 1. The van der Waals surface area contributed by atoms with Crippen LogP contribution in [0.1, 0.15) is 13.8 Å². The zero-order valence-corrected chi connectivity index (χ0v) is 9.75. The Morgan fingerprint density at radius 3 is 2.93 bits per heavy atom. The van der Waals surface area contributed by atoms with Crippen molar-refractivity contribution in [2.24, 2.45) is 0 Å². The highest BCUT2D eigenvalue weighted by atomic mass is 32.1. The Balaban J connectivity index is 2.69. The molecule has 1 rings (SSSR count). The van der Waals surface area contributed by atoms with Gasteiger partial charge in [-0.2, -0.15) is 12.6 Å². The molecule has 82 valence electrons. The molecule has 0 spiro atoms. The minimum atomic E-state index is -0.319. The van der Waals surface area contributed by atoms with Gasteiger partial charge in [0, 0.05) is 11.8 Å². The molecule has 0 fully saturated rings. The van der Waals surface area contributed by atoms with Crippen LogP contribution in [0.4, 0.5) is 5.69 Å². The molecular formula is C11H15NO2S. The molecule has 0 saturated carbocycles. The highest BCUT2D eigenvalue weighted by Gasteiger charge is 2.07. The monoisotopic (exact) mass is 225 g/mol. The second-order valence-corrected chi connectivity index (χ2v) is 3.90. The van der Waals surface area contributed by atoms with Gasteiger partial charge in [-0.15, -0.1) is 0 Å². The lowest BCUT2D eigenvalue weighted by Crippen LogP contribution is -2.20. The lowest BCUT2D eigenvalue weighted by atomic mass is 10.3. The van der Waals surface area contributed by atoms with E-state index in [-0.39, 0.29) is 11.2 Å². The summed E-state index contributed by atoms with van der Waals surface area (Å²) in [4.78, 5) is 11.4. The van der Waals surface area contributed by atoms with Crippen molar-refractivity contribution in [1.29, 1.82) is 0 Å². The number of benzene rings is 1. The fourth-order valence-corrected chi connectivity index (χ4v) is 1.14. The number of anilines is 1. The summed E-state index contributed by atoms with van der Waals surface area (Å²) in [5.41, 5.74) is 0.729. The first-order valence-corrected chi connectivity index (χ1v) is 5.37. The van der Waals surface area contributed by atoms with Gasteiger partial charge >= 0.3 is 0 Å². The number of hydrogen-bond donors (Lipinski definition) is 2. The summed E-state index contributed by atoms with van der Waals surface area (Å²) in [5.74, 6) is 0.633. The van der Waals surface area contributed by atoms with Crippen LogP contribution in [-0.4, -0.2) is 17.8 Å². The maximum atomic E-state index is 11.4. The Kier molecular flexibility index (Phi) is 4.49. The first-order valence-electron chi connectivity index (χ1n) is 4.85. The molecule has 1 aromatic rings. The van der Waals surface area contributed by atoms with E-state index >= 15 is 0 Å². The van der Waals surface area contributed by atoms with E-state index in [1.54, 1.807) is 13.0 Å². The third-order valence-electron chi connectivity index (χ3n) is 1.79. The minimum absolute atomic E-state index is 0.119. The van der Waals surface area contributed by atoms with Gasteiger partial charge in [0.1, 0.15) is 5.75 Å². The molecule has 1 amide bonds. The van der Waals surface area contributed by atoms with Crippen molar-refractivity contribution in [2.75, 3.05) is 11.9 Å². The minimum Gasteiger partial charge on any atom is -0.494 e. The lowest BCUT2D eigenvalue weighted by Gasteiger charge is -2.09. The van der Waals surface area contributed by atoms with Gasteiger partial charge in [0.25, 0.3) is 0 Å². The van der Waals surface area contributed by atoms with Gasteiger partial charge in [0.2, 0.25) is 5.91 Å². The summed E-state index contributed by atoms with van der Waals surface area (Å²) in [7, 11) is 0. The molecule has 0 aromatic heterocycles. The summed E-state index contributed by atoms with van der Waals surface area (Å²) in [6.07, 6.45) is 0. The van der Waals surface area contributed by atoms with Gasteiger partial charge in [-0.05, 0) is 26.0 Å². The van der Waals surface area contributed by atoms with Gasteiger partial charge in [-0.1, -0.05) is 6.07 Å². The SMILES string of the molecule is CCOc1cccc(NC(=O)C(C)S)c1. The highest BCUT2D eigenvalue weighted by Crippen LogP contribution is 2.17. The van der Waals surface area contributed by atoms with E-state index in [2.05, 4.69) is 17.9 Å². The van der Waals surface area contributed by atoms with Crippen LogP contribution >= 0.6 is 12.6 Å². The molecule has 1 atom stereocenters. The number of ether oxygens (including phenoxy) is 1. The van der Waals surface area contributed by atoms with E-state index in [4.69, 9.17) is 4.74 Å². The van der Waals surface area contributed by atoms with Crippen molar-refractivity contribution in [3.05, 3.63) is 24.3 Å². The molecule has 0 aliphatic rings. The third kappa shape index (κ3) is 3.83. The van der Waals surface area contributed by atoms with Gasteiger partial charge < -0.3 is 10.1 Å². The quantitative estimate of drug-likeness (QED) is 0.772. The molecule has 0 bridgehead atoms. The van der Waals surface area contributed by atoms with Crippen LogP contribution in [0.15, 0.2) is 24.3 Å². The van der Waals surface area contributed by atoms with Crippen LogP contribution in [-0.2, 0) is 4.79 Å². The molecule has 1 unspecified atom stereocenters. The van der Waals surface area contributed by atoms with Crippen molar-refractivity contribution in [3.8, 4) is 5.75 Å². The number of carbonyl (C=O) groups excluding carboxylic acids is 1. The van der Waals surface area contributed by atoms with E-state index in [1.807, 2.05) is 25.1 Å². The maximum absolute atomic E-state index is 11.4. The first-order chi connectivity index (χ1) is 7.13. The summed E-state index contributed by atoms with van der Waals surface area (Å²) in [6.45, 7) is 4.26. The predicted octanol–water partition coefficient (Wildman–Crippen LogP) is 2.34. The number of carbonyl (C=O) groups is 1. The van der Waals surface area contributed by atoms with Crippen LogP contribution in [0.3, 0.4) is 0 Å². The summed E-state index contributed by atoms with van der Waals surface area (Å²) in [5, 5.41) is 2.43. The number of amides is 1. The molecule has 3 nitrogen and oxygen atoms in total. The van der Waals surface area contributed by atoms with E-state index < -0.39 is 0 Å². The van der Waals surface area contributed by atoms with Crippen LogP contribution in [0.25, 0.3) is 0 Å². The van der Waals surface area contributed by atoms with E-state index in [9.17, 15) is 4.79 Å². The Hall–Kier alpha value is -1.16. The zero-order valence-electron chi connectivity index (χ0n) is 8.86. The average Bonchev–Trinajstić information content (AvgIpc) is 2.18. The first kappa shape index (κ1) is 11.9. The van der Waals surface area contributed by atoms with E-state index in [0.29, 0.717) is 6.61 Å². The second-order valence-electron chi connectivity index (χ2n) is 3.13. The molecule has 0 aliphatic heterocycles. The van der Waals surface area contributed by atoms with Crippen molar-refractivity contribution in [3.63, 3.8) is 0 Å². The Morgan fingerprint density at radius 1 is 1.60 bits per heavy atom. The molecule has 1 aromatic carbocycles. The predicted molar refractivity (Wildman–Crippen MR) is 64.7 cm³/mol. The lowest BCUT2D eigenvalue weighted by molar-refractivity contribution is -0.115. The van der Waals surface area contributed by atoms with Crippen molar-refractivity contribution in [2.45, 2.75) is 19.1 Å². The average molecular weight is 225 g/mol. The van der Waals surface area contributed by atoms with Gasteiger partial charge in [0.15, 0.2) is 0 Å². The third-order valence-corrected chi connectivity index (χ3v) is 2.03. The molecule has 1 N–H and O–H groups in total. The number of rotatable bonds is 4. The molecule has 15 heavy (non-hydrogen) atoms. The smallest absolute Gasteiger partial charge is 0.236 e. The van der Waals surface area contributed by atoms with Crippen LogP contribution in [0, 0.1) is 0 Å². The van der Waals surface area contributed by atoms with Crippen LogP contribution in [0.5, 0.6) is 5.75 Å². The summed E-state index contributed by atoms with van der Waals surface area (Å²) in [6, 6.07) is 7.29. The van der Waals surface area contributed by atoms with Gasteiger partial charge in [0.05, 0.1) is 11.9 Å². The van der Waals surface area contributed by atoms with Gasteiger partial charge in [-0.25, -0.2) is 0 Å². The molecule has 0 saturated heterocycles. The van der Waals surface area contributed by atoms with Crippen LogP contribution in [0.2, 0.25) is 0 Å². The number of nitrogens with one attached hydrogen (secondary N) is 1. The maximum Gasteiger partial charge on any atom is 0.236 e. The van der Waals surface area contributed by atoms with Crippen LogP contribution < -0.4 is 10.1 Å². The molecule has 0 heterocycles.